The van der Waals surface area contributed by atoms with Crippen molar-refractivity contribution in [2.24, 2.45) is 5.73 Å². The highest BCUT2D eigenvalue weighted by Gasteiger charge is 2.20. The lowest BCUT2D eigenvalue weighted by molar-refractivity contribution is -0.122. The molecule has 2 amide bonds. The molecule has 0 saturated heterocycles. The summed E-state index contributed by atoms with van der Waals surface area (Å²) < 4.78 is 10.5. The standard InChI is InChI=1S/C20H17ClN2O5/c21-14-6-7-16-13(10-14)11-17(28-16)20(26)27-12-19(25)23(9-8-18(22)24)15-4-2-1-3-5-15/h1-7,10-11H,8-9,12H2,(H2,22,24). The number of primary amides is 1. The number of carbonyl (C=O) groups excluding carboxylic acids is 3. The molecule has 3 rings (SSSR count). The second kappa shape index (κ2) is 8.58. The molecular weight excluding hydrogens is 384 g/mol. The summed E-state index contributed by atoms with van der Waals surface area (Å²) in [7, 11) is 0. The first-order valence-electron chi connectivity index (χ1n) is 8.44. The van der Waals surface area contributed by atoms with Crippen LogP contribution in [0.3, 0.4) is 0 Å². The second-order valence-electron chi connectivity index (χ2n) is 5.97. The van der Waals surface area contributed by atoms with E-state index in [1.165, 1.54) is 11.0 Å². The van der Waals surface area contributed by atoms with Gasteiger partial charge >= 0.3 is 5.97 Å². The molecule has 0 aliphatic rings. The van der Waals surface area contributed by atoms with Crippen LogP contribution in [-0.2, 0) is 14.3 Å². The number of rotatable bonds is 7. The zero-order valence-corrected chi connectivity index (χ0v) is 15.5. The SMILES string of the molecule is NC(=O)CCN(C(=O)COC(=O)c1cc2cc(Cl)ccc2o1)c1ccccc1. The molecule has 2 N–H and O–H groups in total. The van der Waals surface area contributed by atoms with E-state index < -0.39 is 24.4 Å². The highest BCUT2D eigenvalue weighted by molar-refractivity contribution is 6.31. The average Bonchev–Trinajstić information content (AvgIpc) is 3.10. The minimum Gasteiger partial charge on any atom is -0.450 e. The largest absolute Gasteiger partial charge is 0.450 e. The molecule has 3 aromatic rings. The quantitative estimate of drug-likeness (QED) is 0.613. The first-order valence-corrected chi connectivity index (χ1v) is 8.82. The van der Waals surface area contributed by atoms with Crippen LogP contribution in [-0.4, -0.2) is 30.9 Å². The number of esters is 1. The minimum absolute atomic E-state index is 0.0150. The number of nitrogens with two attached hydrogens (primary N) is 1. The fourth-order valence-electron chi connectivity index (χ4n) is 2.62. The predicted molar refractivity (Wildman–Crippen MR) is 104 cm³/mol. The summed E-state index contributed by atoms with van der Waals surface area (Å²) in [6, 6.07) is 15.2. The molecule has 0 spiro atoms. The summed E-state index contributed by atoms with van der Waals surface area (Å²) in [6.07, 6.45) is -0.0150. The normalized spacial score (nSPS) is 10.6. The van der Waals surface area contributed by atoms with Gasteiger partial charge < -0.3 is 19.8 Å². The Balaban J connectivity index is 1.68. The van der Waals surface area contributed by atoms with Gasteiger partial charge in [0.25, 0.3) is 5.91 Å². The van der Waals surface area contributed by atoms with Crippen molar-refractivity contribution < 1.29 is 23.5 Å². The molecular formula is C20H17ClN2O5. The fourth-order valence-corrected chi connectivity index (χ4v) is 2.80. The molecule has 0 bridgehead atoms. The number of fused-ring (bicyclic) bond motifs is 1. The van der Waals surface area contributed by atoms with Gasteiger partial charge in [0.2, 0.25) is 11.7 Å². The highest BCUT2D eigenvalue weighted by Crippen LogP contribution is 2.23. The molecule has 144 valence electrons. The van der Waals surface area contributed by atoms with Crippen LogP contribution >= 0.6 is 11.6 Å². The highest BCUT2D eigenvalue weighted by atomic mass is 35.5. The van der Waals surface area contributed by atoms with Gasteiger partial charge in [-0.05, 0) is 36.4 Å². The number of nitrogens with zero attached hydrogens (tertiary/aromatic N) is 1. The Morgan fingerprint density at radius 3 is 2.54 bits per heavy atom. The number of ether oxygens (including phenoxy) is 1. The zero-order valence-electron chi connectivity index (χ0n) is 14.8. The van der Waals surface area contributed by atoms with Crippen molar-refractivity contribution in [3.8, 4) is 0 Å². The van der Waals surface area contributed by atoms with Gasteiger partial charge in [-0.3, -0.25) is 9.59 Å². The molecule has 0 saturated carbocycles. The van der Waals surface area contributed by atoms with E-state index in [1.807, 2.05) is 0 Å². The van der Waals surface area contributed by atoms with Gasteiger partial charge in [-0.1, -0.05) is 29.8 Å². The van der Waals surface area contributed by atoms with Crippen molar-refractivity contribution in [1.29, 1.82) is 0 Å². The molecule has 0 aliphatic heterocycles. The number of carbonyl (C=O) groups is 3. The summed E-state index contributed by atoms with van der Waals surface area (Å²) >= 11 is 5.91. The van der Waals surface area contributed by atoms with Gasteiger partial charge in [0.1, 0.15) is 5.58 Å². The lowest BCUT2D eigenvalue weighted by Crippen LogP contribution is -2.37. The van der Waals surface area contributed by atoms with E-state index in [9.17, 15) is 14.4 Å². The number of benzene rings is 2. The molecule has 28 heavy (non-hydrogen) atoms. The van der Waals surface area contributed by atoms with Crippen molar-refractivity contribution >= 4 is 46.0 Å². The second-order valence-corrected chi connectivity index (χ2v) is 6.40. The van der Waals surface area contributed by atoms with Gasteiger partial charge in [-0.25, -0.2) is 4.79 Å². The van der Waals surface area contributed by atoms with Crippen LogP contribution in [0.5, 0.6) is 0 Å². The molecule has 0 fully saturated rings. The van der Waals surface area contributed by atoms with Crippen molar-refractivity contribution in [2.75, 3.05) is 18.1 Å². The first-order chi connectivity index (χ1) is 13.4. The van der Waals surface area contributed by atoms with Gasteiger partial charge in [0.05, 0.1) is 0 Å². The molecule has 2 aromatic carbocycles. The van der Waals surface area contributed by atoms with Gasteiger partial charge in [-0.2, -0.15) is 0 Å². The topological polar surface area (TPSA) is 103 Å². The van der Waals surface area contributed by atoms with E-state index in [0.29, 0.717) is 21.7 Å². The Labute approximate surface area is 165 Å². The summed E-state index contributed by atoms with van der Waals surface area (Å²) in [4.78, 5) is 37.2. The Bertz CT molecular complexity index is 1020. The number of furan rings is 1. The lowest BCUT2D eigenvalue weighted by Gasteiger charge is -2.22. The molecule has 0 aliphatic carbocycles. The summed E-state index contributed by atoms with van der Waals surface area (Å²) in [5.74, 6) is -1.83. The number of hydrogen-bond acceptors (Lipinski definition) is 5. The van der Waals surface area contributed by atoms with Crippen LogP contribution in [0.25, 0.3) is 11.0 Å². The summed E-state index contributed by atoms with van der Waals surface area (Å²) in [6.45, 7) is -0.427. The van der Waals surface area contributed by atoms with Crippen LogP contribution in [0.15, 0.2) is 59.0 Å². The molecule has 0 atom stereocenters. The smallest absolute Gasteiger partial charge is 0.374 e. The number of para-hydroxylation sites is 1. The lowest BCUT2D eigenvalue weighted by atomic mass is 10.2. The fraction of sp³-hybridized carbons (Fsp3) is 0.150. The summed E-state index contributed by atoms with van der Waals surface area (Å²) in [5, 5.41) is 1.16. The molecule has 0 radical (unpaired) electrons. The van der Waals surface area contributed by atoms with Crippen molar-refractivity contribution in [3.05, 3.63) is 65.4 Å². The minimum atomic E-state index is -0.774. The van der Waals surface area contributed by atoms with Crippen LogP contribution in [0.1, 0.15) is 17.0 Å². The van der Waals surface area contributed by atoms with Crippen LogP contribution in [0.2, 0.25) is 5.02 Å². The zero-order chi connectivity index (χ0) is 20.1. The van der Waals surface area contributed by atoms with E-state index in [-0.39, 0.29) is 18.7 Å². The van der Waals surface area contributed by atoms with E-state index >= 15 is 0 Å². The third-order valence-corrected chi connectivity index (χ3v) is 4.19. The molecule has 0 unspecified atom stereocenters. The average molecular weight is 401 g/mol. The van der Waals surface area contributed by atoms with E-state index in [4.69, 9.17) is 26.5 Å². The maximum atomic E-state index is 12.6. The first kappa shape index (κ1) is 19.4. The number of hydrogen-bond donors (Lipinski definition) is 1. The molecule has 1 aromatic heterocycles. The molecule has 8 heteroatoms. The number of amides is 2. The Hall–Kier alpha value is -3.32. The third kappa shape index (κ3) is 4.69. The monoisotopic (exact) mass is 400 g/mol. The van der Waals surface area contributed by atoms with Gasteiger partial charge in [-0.15, -0.1) is 0 Å². The van der Waals surface area contributed by atoms with E-state index in [1.54, 1.807) is 48.5 Å². The Morgan fingerprint density at radius 2 is 1.82 bits per heavy atom. The third-order valence-electron chi connectivity index (χ3n) is 3.96. The van der Waals surface area contributed by atoms with Crippen LogP contribution < -0.4 is 10.6 Å². The van der Waals surface area contributed by atoms with Crippen molar-refractivity contribution in [3.63, 3.8) is 0 Å². The summed E-state index contributed by atoms with van der Waals surface area (Å²) in [5.41, 5.74) is 6.23. The van der Waals surface area contributed by atoms with Gasteiger partial charge in [0, 0.05) is 29.1 Å². The maximum absolute atomic E-state index is 12.6. The van der Waals surface area contributed by atoms with E-state index in [2.05, 4.69) is 0 Å². The molecule has 1 heterocycles. The van der Waals surface area contributed by atoms with Crippen LogP contribution in [0.4, 0.5) is 5.69 Å². The van der Waals surface area contributed by atoms with Crippen LogP contribution in [0, 0.1) is 0 Å². The molecule has 7 nitrogen and oxygen atoms in total. The Morgan fingerprint density at radius 1 is 1.07 bits per heavy atom. The number of halogens is 1. The van der Waals surface area contributed by atoms with E-state index in [0.717, 1.165) is 0 Å². The van der Waals surface area contributed by atoms with Crippen molar-refractivity contribution in [1.82, 2.24) is 0 Å². The van der Waals surface area contributed by atoms with Gasteiger partial charge in [0.15, 0.2) is 6.61 Å². The maximum Gasteiger partial charge on any atom is 0.374 e. The van der Waals surface area contributed by atoms with Crippen molar-refractivity contribution in [2.45, 2.75) is 6.42 Å². The Kier molecular flexibility index (Phi) is 5.96. The predicted octanol–water partition coefficient (Wildman–Crippen LogP) is 3.15. The number of anilines is 1.